The summed E-state index contributed by atoms with van der Waals surface area (Å²) >= 11 is 0. The number of rotatable bonds is 7. The van der Waals surface area contributed by atoms with Crippen molar-refractivity contribution in [2.75, 3.05) is 35.0 Å². The van der Waals surface area contributed by atoms with Crippen LogP contribution < -0.4 is 0 Å². The van der Waals surface area contributed by atoms with Gasteiger partial charge in [-0.15, -0.1) is 0 Å². The standard InChI is InChI=1S/C8H18O5/c1-10-7(11-2)6(5-9)8(12-3)13-4/h6-9H,5H2,1-4H3. The van der Waals surface area contributed by atoms with Crippen molar-refractivity contribution >= 4 is 0 Å². The highest BCUT2D eigenvalue weighted by Gasteiger charge is 2.29. The van der Waals surface area contributed by atoms with Crippen molar-refractivity contribution in [2.45, 2.75) is 12.6 Å². The molecule has 0 aliphatic heterocycles. The van der Waals surface area contributed by atoms with Crippen LogP contribution in [0, 0.1) is 5.92 Å². The molecule has 5 nitrogen and oxygen atoms in total. The van der Waals surface area contributed by atoms with Crippen LogP contribution in [0.4, 0.5) is 0 Å². The zero-order chi connectivity index (χ0) is 10.3. The first kappa shape index (κ1) is 12.8. The molecule has 80 valence electrons. The number of hydrogen-bond acceptors (Lipinski definition) is 5. The molecule has 0 aromatic heterocycles. The second-order valence-electron chi connectivity index (χ2n) is 2.53. The van der Waals surface area contributed by atoms with Crippen LogP contribution in [0.1, 0.15) is 0 Å². The summed E-state index contributed by atoms with van der Waals surface area (Å²) in [4.78, 5) is 0. The molecule has 0 aromatic carbocycles. The zero-order valence-corrected chi connectivity index (χ0v) is 8.52. The quantitative estimate of drug-likeness (QED) is 0.570. The van der Waals surface area contributed by atoms with Gasteiger partial charge in [-0.2, -0.15) is 0 Å². The lowest BCUT2D eigenvalue weighted by molar-refractivity contribution is -0.229. The van der Waals surface area contributed by atoms with E-state index in [9.17, 15) is 0 Å². The van der Waals surface area contributed by atoms with E-state index in [-0.39, 0.29) is 12.5 Å². The van der Waals surface area contributed by atoms with Crippen LogP contribution in [-0.2, 0) is 18.9 Å². The molecular formula is C8H18O5. The lowest BCUT2D eigenvalue weighted by Gasteiger charge is -2.28. The Hall–Kier alpha value is -0.200. The van der Waals surface area contributed by atoms with E-state index in [4.69, 9.17) is 24.1 Å². The largest absolute Gasteiger partial charge is 0.396 e. The van der Waals surface area contributed by atoms with E-state index in [1.807, 2.05) is 0 Å². The molecule has 13 heavy (non-hydrogen) atoms. The molecule has 0 saturated carbocycles. The van der Waals surface area contributed by atoms with Crippen molar-refractivity contribution in [3.05, 3.63) is 0 Å². The molecule has 0 rings (SSSR count). The van der Waals surface area contributed by atoms with E-state index in [2.05, 4.69) is 0 Å². The summed E-state index contributed by atoms with van der Waals surface area (Å²) in [6.07, 6.45) is -1.07. The number of methoxy groups -OCH3 is 4. The summed E-state index contributed by atoms with van der Waals surface area (Å²) in [5.41, 5.74) is 0. The Morgan fingerprint density at radius 3 is 1.31 bits per heavy atom. The molecule has 0 heterocycles. The Balaban J connectivity index is 4.26. The van der Waals surface area contributed by atoms with Crippen molar-refractivity contribution in [3.8, 4) is 0 Å². The van der Waals surface area contributed by atoms with E-state index in [0.29, 0.717) is 0 Å². The van der Waals surface area contributed by atoms with Gasteiger partial charge in [-0.1, -0.05) is 0 Å². The van der Waals surface area contributed by atoms with Gasteiger partial charge in [-0.25, -0.2) is 0 Å². The van der Waals surface area contributed by atoms with Crippen molar-refractivity contribution in [2.24, 2.45) is 5.92 Å². The van der Waals surface area contributed by atoms with Crippen LogP contribution in [0.15, 0.2) is 0 Å². The molecule has 0 bridgehead atoms. The van der Waals surface area contributed by atoms with Crippen molar-refractivity contribution < 1.29 is 24.1 Å². The third kappa shape index (κ3) is 3.58. The average molecular weight is 194 g/mol. The number of aliphatic hydroxyl groups excluding tert-OH is 1. The average Bonchev–Trinajstić information content (AvgIpc) is 2.18. The first-order valence-corrected chi connectivity index (χ1v) is 3.97. The fraction of sp³-hybridized carbons (Fsp3) is 1.00. The van der Waals surface area contributed by atoms with Gasteiger partial charge in [0.15, 0.2) is 12.6 Å². The highest BCUT2D eigenvalue weighted by Crippen LogP contribution is 2.15. The van der Waals surface area contributed by atoms with Gasteiger partial charge in [0, 0.05) is 28.4 Å². The van der Waals surface area contributed by atoms with Crippen LogP contribution in [0.2, 0.25) is 0 Å². The summed E-state index contributed by atoms with van der Waals surface area (Å²) in [6.45, 7) is -0.126. The van der Waals surface area contributed by atoms with Gasteiger partial charge < -0.3 is 24.1 Å². The maximum atomic E-state index is 9.07. The molecule has 0 atom stereocenters. The molecule has 1 N–H and O–H groups in total. The minimum Gasteiger partial charge on any atom is -0.396 e. The van der Waals surface area contributed by atoms with Crippen LogP contribution in [0.25, 0.3) is 0 Å². The summed E-state index contributed by atoms with van der Waals surface area (Å²) in [6, 6.07) is 0. The molecule has 0 aliphatic carbocycles. The van der Waals surface area contributed by atoms with Crippen LogP contribution in [-0.4, -0.2) is 52.7 Å². The predicted octanol–water partition coefficient (Wildman–Crippen LogP) is -0.167. The number of aliphatic hydroxyl groups is 1. The summed E-state index contributed by atoms with van der Waals surface area (Å²) < 4.78 is 20.0. The van der Waals surface area contributed by atoms with Crippen molar-refractivity contribution in [1.29, 1.82) is 0 Å². The monoisotopic (exact) mass is 194 g/mol. The Bertz CT molecular complexity index is 99.1. The Labute approximate surface area is 78.5 Å². The zero-order valence-electron chi connectivity index (χ0n) is 8.52. The minimum atomic E-state index is -0.533. The highest BCUT2D eigenvalue weighted by atomic mass is 16.7. The van der Waals surface area contributed by atoms with E-state index < -0.39 is 12.6 Å². The fourth-order valence-electron chi connectivity index (χ4n) is 1.19. The SMILES string of the molecule is COC(OC)C(CO)C(OC)OC. The van der Waals surface area contributed by atoms with Gasteiger partial charge in [0.25, 0.3) is 0 Å². The van der Waals surface area contributed by atoms with E-state index >= 15 is 0 Å². The molecule has 5 heteroatoms. The normalized spacial score (nSPS) is 12.0. The van der Waals surface area contributed by atoms with Crippen LogP contribution in [0.5, 0.6) is 0 Å². The number of hydrogen-bond donors (Lipinski definition) is 1. The second-order valence-corrected chi connectivity index (χ2v) is 2.53. The molecule has 0 amide bonds. The topological polar surface area (TPSA) is 57.2 Å². The van der Waals surface area contributed by atoms with E-state index in [1.165, 1.54) is 28.4 Å². The highest BCUT2D eigenvalue weighted by molar-refractivity contribution is 4.65. The minimum absolute atomic E-state index is 0.126. The molecule has 0 aliphatic rings. The molecule has 0 spiro atoms. The molecule has 0 fully saturated rings. The smallest absolute Gasteiger partial charge is 0.166 e. The van der Waals surface area contributed by atoms with Crippen LogP contribution >= 0.6 is 0 Å². The Morgan fingerprint density at radius 2 is 1.15 bits per heavy atom. The van der Waals surface area contributed by atoms with Gasteiger partial charge in [-0.05, 0) is 0 Å². The molecule has 0 unspecified atom stereocenters. The Kier molecular flexibility index (Phi) is 7.12. The predicted molar refractivity (Wildman–Crippen MR) is 46.2 cm³/mol. The molecule has 0 saturated heterocycles. The fourth-order valence-corrected chi connectivity index (χ4v) is 1.19. The van der Waals surface area contributed by atoms with Crippen LogP contribution in [0.3, 0.4) is 0 Å². The van der Waals surface area contributed by atoms with Crippen molar-refractivity contribution in [1.82, 2.24) is 0 Å². The maximum Gasteiger partial charge on any atom is 0.166 e. The molecule has 0 aromatic rings. The van der Waals surface area contributed by atoms with Gasteiger partial charge in [-0.3, -0.25) is 0 Å². The third-order valence-electron chi connectivity index (χ3n) is 1.84. The number of ether oxygens (including phenoxy) is 4. The van der Waals surface area contributed by atoms with E-state index in [0.717, 1.165) is 0 Å². The summed E-state index contributed by atoms with van der Waals surface area (Å²) in [5, 5.41) is 9.07. The molecule has 0 radical (unpaired) electrons. The Morgan fingerprint density at radius 1 is 0.846 bits per heavy atom. The maximum absolute atomic E-state index is 9.07. The summed E-state index contributed by atoms with van der Waals surface area (Å²) in [7, 11) is 6.00. The first-order valence-electron chi connectivity index (χ1n) is 3.97. The van der Waals surface area contributed by atoms with E-state index in [1.54, 1.807) is 0 Å². The first-order chi connectivity index (χ1) is 6.24. The van der Waals surface area contributed by atoms with Gasteiger partial charge in [0.2, 0.25) is 0 Å². The van der Waals surface area contributed by atoms with Crippen molar-refractivity contribution in [3.63, 3.8) is 0 Å². The third-order valence-corrected chi connectivity index (χ3v) is 1.84. The molecular weight excluding hydrogens is 176 g/mol. The summed E-state index contributed by atoms with van der Waals surface area (Å²) in [5.74, 6) is -0.356. The van der Waals surface area contributed by atoms with Gasteiger partial charge in [0.05, 0.1) is 12.5 Å². The van der Waals surface area contributed by atoms with Gasteiger partial charge >= 0.3 is 0 Å². The second kappa shape index (κ2) is 7.23. The van der Waals surface area contributed by atoms with Gasteiger partial charge in [0.1, 0.15) is 0 Å². The lowest BCUT2D eigenvalue weighted by atomic mass is 10.1. The lowest BCUT2D eigenvalue weighted by Crippen LogP contribution is -2.39.